The quantitative estimate of drug-likeness (QED) is 0.0373. The molecular weight excluding hydrogens is 1430 g/mol. The topological polar surface area (TPSA) is 290 Å². The van der Waals surface area contributed by atoms with Crippen molar-refractivity contribution in [1.82, 2.24) is 40.0 Å². The molecule has 3 aromatic heterocycles. The summed E-state index contributed by atoms with van der Waals surface area (Å²) in [7, 11) is 4.81. The first-order chi connectivity index (χ1) is 48.7. The maximum Gasteiger partial charge on any atom is 0.360 e. The van der Waals surface area contributed by atoms with E-state index in [-0.39, 0.29) is 49.1 Å². The van der Waals surface area contributed by atoms with Crippen molar-refractivity contribution in [2.75, 3.05) is 27.9 Å². The highest BCUT2D eigenvalue weighted by Crippen LogP contribution is 2.41. The summed E-state index contributed by atoms with van der Waals surface area (Å²) in [6.45, 7) is 0.380. The minimum absolute atomic E-state index is 0. The van der Waals surface area contributed by atoms with Gasteiger partial charge in [0.2, 0.25) is 5.69 Å². The number of para-hydroxylation sites is 3. The summed E-state index contributed by atoms with van der Waals surface area (Å²) in [5.41, 5.74) is 11.8. The van der Waals surface area contributed by atoms with E-state index >= 15 is 0 Å². The maximum absolute atomic E-state index is 13.3. The predicted molar refractivity (Wildman–Crippen MR) is 396 cm³/mol. The summed E-state index contributed by atoms with van der Waals surface area (Å²) >= 11 is 37.0. The second-order valence-corrected chi connectivity index (χ2v) is 23.9. The van der Waals surface area contributed by atoms with E-state index in [0.717, 1.165) is 28.2 Å². The van der Waals surface area contributed by atoms with Gasteiger partial charge in [0.1, 0.15) is 34.3 Å². The van der Waals surface area contributed by atoms with Crippen LogP contribution in [0.2, 0.25) is 30.1 Å². The van der Waals surface area contributed by atoms with E-state index in [4.69, 9.17) is 94.3 Å². The molecular formula is C75H65Cl6N9O12. The Kier molecular flexibility index (Phi) is 27.4. The third-order valence-corrected chi connectivity index (χ3v) is 16.5. The van der Waals surface area contributed by atoms with Gasteiger partial charge in [-0.3, -0.25) is 9.59 Å². The van der Waals surface area contributed by atoms with E-state index in [0.29, 0.717) is 87.6 Å². The van der Waals surface area contributed by atoms with E-state index in [9.17, 15) is 39.6 Å². The van der Waals surface area contributed by atoms with E-state index < -0.39 is 41.8 Å². The van der Waals surface area contributed by atoms with Gasteiger partial charge >= 0.3 is 11.9 Å². The predicted octanol–water partition coefficient (Wildman–Crippen LogP) is 16.8. The van der Waals surface area contributed by atoms with Crippen LogP contribution in [0.5, 0.6) is 34.5 Å². The highest BCUT2D eigenvalue weighted by atomic mass is 35.5. The van der Waals surface area contributed by atoms with Crippen molar-refractivity contribution in [3.05, 3.63) is 282 Å². The second-order valence-electron chi connectivity index (χ2n) is 21.3. The molecule has 0 atom stereocenters. The van der Waals surface area contributed by atoms with Crippen LogP contribution in [0.1, 0.15) is 55.6 Å². The molecule has 0 aliphatic rings. The number of aromatic nitrogens is 6. The normalized spacial score (nSPS) is 10.5. The summed E-state index contributed by atoms with van der Waals surface area (Å²) in [5.74, 6) is -1.98. The van der Waals surface area contributed by atoms with Crippen molar-refractivity contribution in [2.45, 2.75) is 27.1 Å². The molecule has 524 valence electrons. The third kappa shape index (κ3) is 19.3. The summed E-state index contributed by atoms with van der Waals surface area (Å²) < 4.78 is 25.1. The second kappa shape index (κ2) is 36.4. The molecule has 27 heteroatoms. The Morgan fingerprint density at radius 1 is 0.422 bits per heavy atom. The zero-order valence-electron chi connectivity index (χ0n) is 53.7. The number of aliphatic carboxylic acids is 1. The molecule has 21 nitrogen and oxygen atoms in total. The Labute approximate surface area is 616 Å². The van der Waals surface area contributed by atoms with Gasteiger partial charge < -0.3 is 55.7 Å². The number of carbonyl (C=O) groups is 4. The number of carboxylic acids is 2. The molecule has 0 radical (unpaired) electrons. The highest BCUT2D eigenvalue weighted by molar-refractivity contribution is 6.33. The van der Waals surface area contributed by atoms with Gasteiger partial charge in [0, 0.05) is 51.4 Å². The SMILES string of the molecule is C.COc1ccc(CN)cc1.COc1ccc(CNC(=O)c2nn(-c3ccccc3Cl)c(-c3ccc(Cl)cc3)c2O)cc1.COc1ccc(CNC(=O)c2nn(-c3ccccc3Cl)c(-c3ccc(Cl)cc3)c2OCC(=O)O)cc1.O=C(O)c1nn(-c2ccccc2Cl)c(-c2ccc(Cl)cc2)c1O. The Hall–Kier alpha value is -11.0. The third-order valence-electron chi connectivity index (χ3n) is 14.7. The molecule has 0 bridgehead atoms. The molecule has 102 heavy (non-hydrogen) atoms. The minimum atomic E-state index is -1.33. The standard InChI is InChI=1S/C26H21Cl2N3O5.C24H19Cl2N3O3.C16H10Cl2N2O3.C8H11NO.CH4/c1-35-19-12-6-16(7-13-19)14-29-26(34)23-25(36-15-22(32)33)24(17-8-10-18(27)11-9-17)31(30-23)21-5-3-2-4-20(21)28;1-32-18-12-6-15(7-13-18)14-27-24(31)21-23(30)22(16-8-10-17(25)11-9-16)29(28-21)20-5-3-2-4-19(20)26;17-10-7-5-9(6-8-10)14-15(21)13(16(22)23)19-20(14)12-4-2-1-3-11(12)18;1-10-8-4-2-7(6-9)3-5-8;/h2-13H,14-15H2,1H3,(H,29,34)(H,32,33);2-13,30H,14H2,1H3,(H,27,31);1-8,21H,(H,22,23);2-5H,6,9H2,1H3;1H4. The number of benzene rings is 9. The van der Waals surface area contributed by atoms with Crippen LogP contribution in [-0.4, -0.2) is 101 Å². The van der Waals surface area contributed by atoms with Crippen LogP contribution < -0.4 is 35.3 Å². The molecule has 0 saturated carbocycles. The van der Waals surface area contributed by atoms with Gasteiger partial charge in [-0.2, -0.15) is 15.3 Å². The number of methoxy groups -OCH3 is 3. The van der Waals surface area contributed by atoms with Gasteiger partial charge in [-0.05, 0) is 126 Å². The Balaban J connectivity index is 0.000000184. The number of hydrogen-bond donors (Lipinski definition) is 7. The molecule has 9 aromatic carbocycles. The van der Waals surface area contributed by atoms with Gasteiger partial charge in [0.05, 0.1) is 53.5 Å². The number of aromatic carboxylic acids is 1. The fourth-order valence-corrected chi connectivity index (χ4v) is 10.7. The van der Waals surface area contributed by atoms with Crippen LogP contribution in [0.25, 0.3) is 50.8 Å². The van der Waals surface area contributed by atoms with Crippen LogP contribution in [-0.2, 0) is 24.4 Å². The average Bonchev–Trinajstić information content (AvgIpc) is 1.63. The molecule has 0 fully saturated rings. The van der Waals surface area contributed by atoms with Gasteiger partial charge in [-0.1, -0.05) is 186 Å². The van der Waals surface area contributed by atoms with E-state index in [1.165, 1.54) is 14.0 Å². The van der Waals surface area contributed by atoms with Crippen molar-refractivity contribution in [2.24, 2.45) is 5.73 Å². The lowest BCUT2D eigenvalue weighted by atomic mass is 10.1. The lowest BCUT2D eigenvalue weighted by Gasteiger charge is -2.11. The van der Waals surface area contributed by atoms with Crippen LogP contribution in [0.3, 0.4) is 0 Å². The number of hydrogen-bond acceptors (Lipinski definition) is 14. The number of nitrogens with two attached hydrogens (primary N) is 1. The zero-order valence-corrected chi connectivity index (χ0v) is 58.2. The average molecular weight is 1500 g/mol. The fraction of sp³-hybridized carbons (Fsp3) is 0.107. The number of rotatable bonds is 20. The van der Waals surface area contributed by atoms with Gasteiger partial charge in [0.15, 0.2) is 35.2 Å². The number of nitrogens with zero attached hydrogens (tertiary/aromatic N) is 6. The first-order valence-corrected chi connectivity index (χ1v) is 32.5. The van der Waals surface area contributed by atoms with Crippen LogP contribution >= 0.6 is 69.6 Å². The number of amides is 2. The molecule has 0 unspecified atom stereocenters. The van der Waals surface area contributed by atoms with E-state index in [1.807, 2.05) is 60.7 Å². The van der Waals surface area contributed by atoms with Crippen molar-refractivity contribution >= 4 is 93.4 Å². The zero-order chi connectivity index (χ0) is 72.3. The highest BCUT2D eigenvalue weighted by Gasteiger charge is 2.30. The smallest absolute Gasteiger partial charge is 0.360 e. The maximum atomic E-state index is 13.3. The van der Waals surface area contributed by atoms with E-state index in [2.05, 4.69) is 25.9 Å². The molecule has 8 N–H and O–H groups in total. The first kappa shape index (κ1) is 76.7. The number of aromatic hydroxyl groups is 2. The summed E-state index contributed by atoms with van der Waals surface area (Å²) in [6, 6.07) is 63.4. The molecule has 0 spiro atoms. The number of carboxylic acid groups (broad SMARTS) is 2. The number of carbonyl (C=O) groups excluding carboxylic acids is 2. The number of halogens is 6. The Bertz CT molecular complexity index is 4820. The van der Waals surface area contributed by atoms with Crippen molar-refractivity contribution in [1.29, 1.82) is 0 Å². The molecule has 2 amide bonds. The molecule has 3 heterocycles. The van der Waals surface area contributed by atoms with Crippen LogP contribution in [0.15, 0.2) is 218 Å². The number of ether oxygens (including phenoxy) is 4. The lowest BCUT2D eigenvalue weighted by Crippen LogP contribution is -2.24. The molecule has 12 rings (SSSR count). The summed E-state index contributed by atoms with van der Waals surface area (Å²) in [6.07, 6.45) is 0. The van der Waals surface area contributed by atoms with Crippen LogP contribution in [0.4, 0.5) is 0 Å². The van der Waals surface area contributed by atoms with Gasteiger partial charge in [-0.25, -0.2) is 23.6 Å². The van der Waals surface area contributed by atoms with Gasteiger partial charge in [0.25, 0.3) is 11.8 Å². The molecule has 0 saturated heterocycles. The summed E-state index contributed by atoms with van der Waals surface area (Å²) in [5, 5.41) is 61.0. The number of nitrogens with one attached hydrogen (secondary N) is 2. The van der Waals surface area contributed by atoms with Crippen LogP contribution in [0, 0.1) is 0 Å². The monoisotopic (exact) mass is 1490 g/mol. The van der Waals surface area contributed by atoms with Gasteiger partial charge in [-0.15, -0.1) is 0 Å². The molecule has 12 aromatic rings. The fourth-order valence-electron chi connectivity index (χ4n) is 9.71. The largest absolute Gasteiger partial charge is 0.504 e. The Morgan fingerprint density at radius 2 is 0.735 bits per heavy atom. The Morgan fingerprint density at radius 3 is 1.08 bits per heavy atom. The van der Waals surface area contributed by atoms with Crippen molar-refractivity contribution < 1.29 is 58.6 Å². The molecule has 0 aliphatic heterocycles. The lowest BCUT2D eigenvalue weighted by molar-refractivity contribution is -0.139. The van der Waals surface area contributed by atoms with E-state index in [1.54, 1.807) is 179 Å². The molecule has 0 aliphatic carbocycles. The first-order valence-electron chi connectivity index (χ1n) is 30.2. The summed E-state index contributed by atoms with van der Waals surface area (Å²) in [4.78, 5) is 48.8. The van der Waals surface area contributed by atoms with Crippen molar-refractivity contribution in [3.8, 4) is 85.3 Å². The minimum Gasteiger partial charge on any atom is -0.504 e. The van der Waals surface area contributed by atoms with Crippen molar-refractivity contribution in [3.63, 3.8) is 0 Å².